The molecule has 11 heteroatoms. The number of piperidine rings is 1. The van der Waals surface area contributed by atoms with Crippen LogP contribution in [0, 0.1) is 0 Å². The van der Waals surface area contributed by atoms with Gasteiger partial charge in [0.2, 0.25) is 11.9 Å². The van der Waals surface area contributed by atoms with Crippen LogP contribution in [0.15, 0.2) is 60.7 Å². The van der Waals surface area contributed by atoms with Gasteiger partial charge in [-0.1, -0.05) is 12.7 Å². The third-order valence-electron chi connectivity index (χ3n) is 5.79. The van der Waals surface area contributed by atoms with Crippen molar-refractivity contribution in [2.24, 2.45) is 0 Å². The fourth-order valence-corrected chi connectivity index (χ4v) is 4.02. The summed E-state index contributed by atoms with van der Waals surface area (Å²) in [5, 5.41) is 13.6. The molecule has 1 fully saturated rings. The van der Waals surface area contributed by atoms with Crippen molar-refractivity contribution in [2.75, 3.05) is 26.1 Å². The third-order valence-corrected chi connectivity index (χ3v) is 5.79. The molecule has 0 aliphatic carbocycles. The Morgan fingerprint density at radius 2 is 1.97 bits per heavy atom. The molecule has 1 aliphatic heterocycles. The molecule has 0 aromatic carbocycles. The maximum Gasteiger partial charge on any atom is 0.227 e. The Bertz CT molecular complexity index is 1090. The van der Waals surface area contributed by atoms with Crippen molar-refractivity contribution < 1.29 is 18.7 Å². The third kappa shape index (κ3) is 7.38. The Kier molecular flexibility index (Phi) is 9.57. The van der Waals surface area contributed by atoms with E-state index >= 15 is 0 Å². The molecule has 2 aromatic heterocycles. The molecule has 0 bridgehead atoms. The number of amides is 1. The molecule has 194 valence electrons. The molecule has 36 heavy (non-hydrogen) atoms. The number of hydrogen-bond donors (Lipinski definition) is 3. The average Bonchev–Trinajstić information content (AvgIpc) is 3.33. The largest absolute Gasteiger partial charge is 0.494 e. The van der Waals surface area contributed by atoms with Crippen molar-refractivity contribution in [1.82, 2.24) is 30.4 Å². The zero-order valence-corrected chi connectivity index (χ0v) is 21.1. The summed E-state index contributed by atoms with van der Waals surface area (Å²) in [4.78, 5) is 20.0. The van der Waals surface area contributed by atoms with Crippen molar-refractivity contribution in [1.29, 1.82) is 0 Å². The highest BCUT2D eigenvalue weighted by Crippen LogP contribution is 2.26. The molecule has 1 amide bonds. The number of methoxy groups -OCH3 is 1. The molecule has 1 aliphatic rings. The van der Waals surface area contributed by atoms with E-state index in [0.717, 1.165) is 18.5 Å². The smallest absolute Gasteiger partial charge is 0.227 e. The van der Waals surface area contributed by atoms with Crippen LogP contribution in [0.1, 0.15) is 39.2 Å². The second-order valence-electron chi connectivity index (χ2n) is 8.65. The number of allylic oxidation sites excluding steroid dienone is 1. The van der Waals surface area contributed by atoms with Crippen LogP contribution >= 0.6 is 0 Å². The molecular weight excluding hydrogens is 465 g/mol. The van der Waals surface area contributed by atoms with Gasteiger partial charge >= 0.3 is 0 Å². The van der Waals surface area contributed by atoms with Gasteiger partial charge in [-0.05, 0) is 32.8 Å². The van der Waals surface area contributed by atoms with Gasteiger partial charge in [-0.25, -0.2) is 14.4 Å². The number of hydrogen-bond acceptors (Lipinski definition) is 8. The first-order chi connectivity index (χ1) is 17.3. The normalized spacial score (nSPS) is 20.8. The zero-order valence-electron chi connectivity index (χ0n) is 21.1. The minimum absolute atomic E-state index is 0.0182. The van der Waals surface area contributed by atoms with Crippen LogP contribution < -0.4 is 20.7 Å². The van der Waals surface area contributed by atoms with Crippen LogP contribution in [-0.4, -0.2) is 58.5 Å². The predicted molar refractivity (Wildman–Crippen MR) is 135 cm³/mol. The summed E-state index contributed by atoms with van der Waals surface area (Å²) in [7, 11) is 2.83. The first-order valence-corrected chi connectivity index (χ1v) is 11.8. The first kappa shape index (κ1) is 26.9. The van der Waals surface area contributed by atoms with E-state index in [0.29, 0.717) is 29.8 Å². The van der Waals surface area contributed by atoms with Gasteiger partial charge < -0.3 is 25.4 Å². The molecule has 0 spiro atoms. The van der Waals surface area contributed by atoms with E-state index in [2.05, 4.69) is 51.4 Å². The van der Waals surface area contributed by atoms with E-state index in [9.17, 15) is 9.18 Å². The Balaban J connectivity index is 1.59. The van der Waals surface area contributed by atoms with Crippen molar-refractivity contribution in [3.63, 3.8) is 0 Å². The molecule has 3 rings (SSSR count). The molecule has 0 radical (unpaired) electrons. The summed E-state index contributed by atoms with van der Waals surface area (Å²) in [5.74, 6) is -0.248. The number of halogens is 1. The van der Waals surface area contributed by atoms with E-state index in [-0.39, 0.29) is 30.3 Å². The maximum absolute atomic E-state index is 14.8. The van der Waals surface area contributed by atoms with Gasteiger partial charge in [0, 0.05) is 37.3 Å². The molecule has 10 nitrogen and oxygen atoms in total. The Morgan fingerprint density at radius 3 is 2.58 bits per heavy atom. The highest BCUT2D eigenvalue weighted by Gasteiger charge is 2.25. The molecule has 0 saturated carbocycles. The number of carbonyl (C=O) groups excluding carboxylic acids is 1. The quantitative estimate of drug-likeness (QED) is 0.318. The van der Waals surface area contributed by atoms with E-state index in [1.165, 1.54) is 38.7 Å². The first-order valence-electron chi connectivity index (χ1n) is 11.8. The monoisotopic (exact) mass is 499 g/mol. The van der Waals surface area contributed by atoms with E-state index in [1.54, 1.807) is 6.20 Å². The minimum atomic E-state index is -0.662. The second kappa shape index (κ2) is 12.8. The van der Waals surface area contributed by atoms with Gasteiger partial charge in [0.25, 0.3) is 0 Å². The van der Waals surface area contributed by atoms with Crippen molar-refractivity contribution in [3.05, 3.63) is 60.7 Å². The number of aromatic nitrogens is 4. The second-order valence-corrected chi connectivity index (χ2v) is 8.65. The molecule has 3 N–H and O–H groups in total. The molecule has 3 atom stereocenters. The van der Waals surface area contributed by atoms with Crippen molar-refractivity contribution in [2.45, 2.75) is 51.2 Å². The molecule has 2 aromatic rings. The highest BCUT2D eigenvalue weighted by molar-refractivity contribution is 5.77. The van der Waals surface area contributed by atoms with Crippen molar-refractivity contribution in [3.8, 4) is 5.75 Å². The lowest BCUT2D eigenvalue weighted by atomic mass is 9.95. The highest BCUT2D eigenvalue weighted by atomic mass is 19.1. The molecule has 3 heterocycles. The Morgan fingerprint density at radius 1 is 1.28 bits per heavy atom. The number of carbonyl (C=O) groups is 1. The number of ether oxygens (including phenoxy) is 2. The van der Waals surface area contributed by atoms with Crippen LogP contribution in [0.25, 0.3) is 0 Å². The van der Waals surface area contributed by atoms with E-state index in [1.807, 2.05) is 10.9 Å². The standard InChI is InChI=1S/C25H34FN7O3/c1-6-18(24(26)22(35-5)7-8-23(34)27-4)15-36-21-12-28-25(29-13-21)32-19-11-30-33(14-19)20-9-16(2)31-17(3)10-20/h6-7,11-14,16-17,20,31H,1,8-10,15H2,2-5H3,(H,27,34)(H,28,29,32)/b22-7+,24-18-/t16-,17+,20?. The lowest BCUT2D eigenvalue weighted by Crippen LogP contribution is -2.43. The fraction of sp³-hybridized carbons (Fsp3) is 0.440. The fourth-order valence-electron chi connectivity index (χ4n) is 4.02. The molecule has 1 unspecified atom stereocenters. The van der Waals surface area contributed by atoms with E-state index < -0.39 is 5.83 Å². The number of anilines is 2. The van der Waals surface area contributed by atoms with Crippen LogP contribution in [0.4, 0.5) is 16.0 Å². The van der Waals surface area contributed by atoms with Gasteiger partial charge in [-0.15, -0.1) is 0 Å². The van der Waals surface area contributed by atoms with Crippen LogP contribution in [0.3, 0.4) is 0 Å². The SMILES string of the molecule is C=C/C(COc1cnc(Nc2cnn(C3C[C@@H](C)N[C@@H](C)C3)c2)nc1)=C(F)\C(=C/CC(=O)NC)OC. The van der Waals surface area contributed by atoms with Gasteiger partial charge in [0.05, 0.1) is 37.4 Å². The lowest BCUT2D eigenvalue weighted by Gasteiger charge is -2.32. The van der Waals surface area contributed by atoms with Gasteiger partial charge in [0.15, 0.2) is 17.3 Å². The number of nitrogens with one attached hydrogen (secondary N) is 3. The van der Waals surface area contributed by atoms with Crippen LogP contribution in [0.5, 0.6) is 5.75 Å². The summed E-state index contributed by atoms with van der Waals surface area (Å²) < 4.78 is 27.5. The summed E-state index contributed by atoms with van der Waals surface area (Å²) in [6.07, 6.45) is 11.4. The number of rotatable bonds is 11. The zero-order chi connectivity index (χ0) is 26.1. The Hall–Kier alpha value is -3.73. The summed E-state index contributed by atoms with van der Waals surface area (Å²) in [6, 6.07) is 1.23. The molecule has 1 saturated heterocycles. The van der Waals surface area contributed by atoms with Crippen LogP contribution in [0.2, 0.25) is 0 Å². The van der Waals surface area contributed by atoms with Gasteiger partial charge in [-0.2, -0.15) is 5.10 Å². The lowest BCUT2D eigenvalue weighted by molar-refractivity contribution is -0.119. The van der Waals surface area contributed by atoms with Gasteiger partial charge in [0.1, 0.15) is 6.61 Å². The van der Waals surface area contributed by atoms with E-state index in [4.69, 9.17) is 9.47 Å². The predicted octanol–water partition coefficient (Wildman–Crippen LogP) is 3.57. The molecular formula is C25H34FN7O3. The number of nitrogens with zero attached hydrogens (tertiary/aromatic N) is 4. The average molecular weight is 500 g/mol. The Labute approximate surface area is 210 Å². The van der Waals surface area contributed by atoms with Crippen LogP contribution in [-0.2, 0) is 9.53 Å². The summed E-state index contributed by atoms with van der Waals surface area (Å²) >= 11 is 0. The minimum Gasteiger partial charge on any atom is -0.494 e. The summed E-state index contributed by atoms with van der Waals surface area (Å²) in [5.41, 5.74) is 0.952. The summed E-state index contributed by atoms with van der Waals surface area (Å²) in [6.45, 7) is 7.89. The van der Waals surface area contributed by atoms with Crippen molar-refractivity contribution >= 4 is 17.5 Å². The van der Waals surface area contributed by atoms with Gasteiger partial charge in [-0.3, -0.25) is 9.48 Å². The topological polar surface area (TPSA) is 115 Å². The maximum atomic E-state index is 14.8.